The monoisotopic (exact) mass is 289 g/mol. The van der Waals surface area contributed by atoms with Crippen LogP contribution in [-0.4, -0.2) is 26.1 Å². The Hall–Kier alpha value is -0.580. The van der Waals surface area contributed by atoms with E-state index in [-0.39, 0.29) is 11.1 Å². The Kier molecular flexibility index (Phi) is 6.68. The van der Waals surface area contributed by atoms with Gasteiger partial charge in [0.25, 0.3) is 0 Å². The van der Waals surface area contributed by atoms with E-state index in [1.807, 2.05) is 37.3 Å². The van der Waals surface area contributed by atoms with Crippen LogP contribution in [0.3, 0.4) is 0 Å². The lowest BCUT2D eigenvalue weighted by Crippen LogP contribution is -2.29. The number of benzene rings is 1. The third-order valence-corrected chi connectivity index (χ3v) is 4.64. The fraction of sp³-hybridized carbons (Fsp3) is 0.538. The molecule has 1 aromatic rings. The Labute approximate surface area is 115 Å². The van der Waals surface area contributed by atoms with Crippen LogP contribution < -0.4 is 4.72 Å². The molecule has 0 saturated heterocycles. The summed E-state index contributed by atoms with van der Waals surface area (Å²) in [5, 5.41) is 0.0434. The Bertz CT molecular complexity index is 434. The summed E-state index contributed by atoms with van der Waals surface area (Å²) < 4.78 is 26.0. The van der Waals surface area contributed by atoms with E-state index in [1.54, 1.807) is 0 Å². The molecule has 0 aromatic heterocycles. The zero-order valence-electron chi connectivity index (χ0n) is 10.6. The smallest absolute Gasteiger partial charge is 0.211 e. The number of sulfonamides is 1. The van der Waals surface area contributed by atoms with Crippen molar-refractivity contribution in [1.82, 2.24) is 4.72 Å². The van der Waals surface area contributed by atoms with Gasteiger partial charge in [0, 0.05) is 11.9 Å². The quantitative estimate of drug-likeness (QED) is 0.748. The molecule has 1 unspecified atom stereocenters. The van der Waals surface area contributed by atoms with Crippen LogP contribution >= 0.6 is 11.6 Å². The Morgan fingerprint density at radius 3 is 2.56 bits per heavy atom. The molecule has 0 heterocycles. The Balaban J connectivity index is 2.32. The van der Waals surface area contributed by atoms with E-state index in [0.29, 0.717) is 19.4 Å². The van der Waals surface area contributed by atoms with Gasteiger partial charge < -0.3 is 0 Å². The van der Waals surface area contributed by atoms with E-state index in [2.05, 4.69) is 4.72 Å². The molecule has 5 heteroatoms. The van der Waals surface area contributed by atoms with Crippen molar-refractivity contribution in [2.45, 2.75) is 31.6 Å². The summed E-state index contributed by atoms with van der Waals surface area (Å²) in [6.07, 6.45) is 2.06. The molecular formula is C13H20ClNO2S. The third-order valence-electron chi connectivity index (χ3n) is 2.72. The molecule has 0 aliphatic rings. The number of alkyl halides is 1. The van der Waals surface area contributed by atoms with Crippen LogP contribution in [0.2, 0.25) is 0 Å². The molecule has 3 nitrogen and oxygen atoms in total. The Morgan fingerprint density at radius 1 is 1.28 bits per heavy atom. The first-order valence-electron chi connectivity index (χ1n) is 6.19. The molecule has 18 heavy (non-hydrogen) atoms. The lowest BCUT2D eigenvalue weighted by molar-refractivity contribution is 0.576. The van der Waals surface area contributed by atoms with Crippen LogP contribution in [0.25, 0.3) is 0 Å². The van der Waals surface area contributed by atoms with Crippen molar-refractivity contribution in [2.24, 2.45) is 0 Å². The minimum absolute atomic E-state index is 0.0434. The van der Waals surface area contributed by atoms with Gasteiger partial charge in [0.1, 0.15) is 0 Å². The van der Waals surface area contributed by atoms with Crippen molar-refractivity contribution >= 4 is 21.6 Å². The zero-order valence-corrected chi connectivity index (χ0v) is 12.2. The highest BCUT2D eigenvalue weighted by Crippen LogP contribution is 2.06. The summed E-state index contributed by atoms with van der Waals surface area (Å²) in [6.45, 7) is 2.40. The van der Waals surface area contributed by atoms with Gasteiger partial charge in [-0.25, -0.2) is 13.1 Å². The first-order valence-corrected chi connectivity index (χ1v) is 8.27. The number of hydrogen-bond acceptors (Lipinski definition) is 2. The summed E-state index contributed by atoms with van der Waals surface area (Å²) in [7, 11) is -3.19. The van der Waals surface area contributed by atoms with E-state index in [4.69, 9.17) is 11.6 Å². The fourth-order valence-electron chi connectivity index (χ4n) is 1.54. The maximum atomic E-state index is 11.7. The highest BCUT2D eigenvalue weighted by Gasteiger charge is 2.10. The number of halogens is 1. The molecule has 102 valence electrons. The second kappa shape index (κ2) is 7.77. The van der Waals surface area contributed by atoms with Crippen LogP contribution in [-0.2, 0) is 16.4 Å². The SMILES string of the molecule is CCC(Cl)CCNS(=O)(=O)CCc1ccccc1. The summed E-state index contributed by atoms with van der Waals surface area (Å²) in [5.41, 5.74) is 1.03. The second-order valence-electron chi connectivity index (χ2n) is 4.24. The minimum Gasteiger partial charge on any atom is -0.215 e. The maximum absolute atomic E-state index is 11.7. The van der Waals surface area contributed by atoms with Gasteiger partial charge in [-0.15, -0.1) is 11.6 Å². The summed E-state index contributed by atoms with van der Waals surface area (Å²) in [4.78, 5) is 0. The van der Waals surface area contributed by atoms with Gasteiger partial charge in [0.2, 0.25) is 10.0 Å². The minimum atomic E-state index is -3.19. The lowest BCUT2D eigenvalue weighted by atomic mass is 10.2. The van der Waals surface area contributed by atoms with Gasteiger partial charge in [-0.2, -0.15) is 0 Å². The average Bonchev–Trinajstić information content (AvgIpc) is 2.37. The van der Waals surface area contributed by atoms with Crippen molar-refractivity contribution in [2.75, 3.05) is 12.3 Å². The fourth-order valence-corrected chi connectivity index (χ4v) is 2.73. The predicted octanol–water partition coefficient (Wildman–Crippen LogP) is 2.56. The van der Waals surface area contributed by atoms with Crippen molar-refractivity contribution in [3.63, 3.8) is 0 Å². The summed E-state index contributed by atoms with van der Waals surface area (Å²) in [5.74, 6) is 0.121. The molecule has 0 fully saturated rings. The van der Waals surface area contributed by atoms with Gasteiger partial charge in [-0.1, -0.05) is 37.3 Å². The van der Waals surface area contributed by atoms with Crippen LogP contribution in [0.1, 0.15) is 25.3 Å². The van der Waals surface area contributed by atoms with E-state index in [1.165, 1.54) is 0 Å². The topological polar surface area (TPSA) is 46.2 Å². The molecule has 1 rings (SSSR count). The van der Waals surface area contributed by atoms with Crippen molar-refractivity contribution in [3.8, 4) is 0 Å². The van der Waals surface area contributed by atoms with Gasteiger partial charge in [-0.3, -0.25) is 0 Å². The van der Waals surface area contributed by atoms with Crippen molar-refractivity contribution in [3.05, 3.63) is 35.9 Å². The molecule has 1 atom stereocenters. The number of nitrogens with one attached hydrogen (secondary N) is 1. The van der Waals surface area contributed by atoms with Crippen LogP contribution in [0.5, 0.6) is 0 Å². The predicted molar refractivity (Wildman–Crippen MR) is 76.5 cm³/mol. The van der Waals surface area contributed by atoms with E-state index in [9.17, 15) is 8.42 Å². The highest BCUT2D eigenvalue weighted by molar-refractivity contribution is 7.89. The molecule has 0 spiro atoms. The largest absolute Gasteiger partial charge is 0.215 e. The van der Waals surface area contributed by atoms with E-state index >= 15 is 0 Å². The normalized spacial score (nSPS) is 13.4. The molecular weight excluding hydrogens is 270 g/mol. The molecule has 0 radical (unpaired) electrons. The standard InChI is InChI=1S/C13H20ClNO2S/c1-2-13(14)8-10-15-18(16,17)11-9-12-6-4-3-5-7-12/h3-7,13,15H,2,8-11H2,1H3. The summed E-state index contributed by atoms with van der Waals surface area (Å²) >= 11 is 5.93. The molecule has 0 aliphatic carbocycles. The molecule has 0 saturated carbocycles. The van der Waals surface area contributed by atoms with Gasteiger partial charge in [0.05, 0.1) is 5.75 Å². The van der Waals surface area contributed by atoms with Crippen LogP contribution in [0.15, 0.2) is 30.3 Å². The van der Waals surface area contributed by atoms with E-state index < -0.39 is 10.0 Å². The molecule has 0 aliphatic heterocycles. The Morgan fingerprint density at radius 2 is 1.94 bits per heavy atom. The number of aryl methyl sites for hydroxylation is 1. The molecule has 0 amide bonds. The van der Waals surface area contributed by atoms with Crippen molar-refractivity contribution < 1.29 is 8.42 Å². The first kappa shape index (κ1) is 15.5. The lowest BCUT2D eigenvalue weighted by Gasteiger charge is -2.09. The van der Waals surface area contributed by atoms with Gasteiger partial charge in [-0.05, 0) is 24.8 Å². The number of hydrogen-bond donors (Lipinski definition) is 1. The first-order chi connectivity index (χ1) is 8.53. The second-order valence-corrected chi connectivity index (χ2v) is 6.79. The third kappa shape index (κ3) is 6.38. The number of rotatable bonds is 8. The average molecular weight is 290 g/mol. The van der Waals surface area contributed by atoms with Crippen molar-refractivity contribution in [1.29, 1.82) is 0 Å². The molecule has 1 aromatic carbocycles. The van der Waals surface area contributed by atoms with Crippen LogP contribution in [0.4, 0.5) is 0 Å². The molecule has 0 bridgehead atoms. The molecule has 1 N–H and O–H groups in total. The van der Waals surface area contributed by atoms with Gasteiger partial charge in [0.15, 0.2) is 0 Å². The van der Waals surface area contributed by atoms with Crippen LogP contribution in [0, 0.1) is 0 Å². The van der Waals surface area contributed by atoms with E-state index in [0.717, 1.165) is 12.0 Å². The summed E-state index contributed by atoms with van der Waals surface area (Å²) in [6, 6.07) is 9.61. The van der Waals surface area contributed by atoms with Gasteiger partial charge >= 0.3 is 0 Å². The highest BCUT2D eigenvalue weighted by atomic mass is 35.5. The maximum Gasteiger partial charge on any atom is 0.211 e. The zero-order chi connectivity index (χ0) is 13.4.